The highest BCUT2D eigenvalue weighted by Crippen LogP contribution is 2.14. The first-order valence-electron chi connectivity index (χ1n) is 7.58. The normalized spacial score (nSPS) is 12.4. The van der Waals surface area contributed by atoms with Crippen LogP contribution in [0.2, 0.25) is 0 Å². The fourth-order valence-corrected chi connectivity index (χ4v) is 3.09. The molecule has 1 atom stereocenters. The summed E-state index contributed by atoms with van der Waals surface area (Å²) in [6.45, 7) is 0. The molecule has 0 aliphatic rings. The first-order valence-corrected chi connectivity index (χ1v) is 10.5. The maximum atomic E-state index is 12.5. The molecular formula is C16H19N3O5S2. The molecule has 2 rings (SSSR count). The van der Waals surface area contributed by atoms with Crippen LogP contribution in [0.4, 0.5) is 5.69 Å². The van der Waals surface area contributed by atoms with E-state index in [0.717, 1.165) is 0 Å². The molecule has 0 aliphatic heterocycles. The number of sulfonamides is 1. The van der Waals surface area contributed by atoms with E-state index in [4.69, 9.17) is 9.56 Å². The third-order valence-electron chi connectivity index (χ3n) is 3.43. The lowest BCUT2D eigenvalue weighted by molar-refractivity contribution is -0.118. The van der Waals surface area contributed by atoms with Crippen LogP contribution in [0.15, 0.2) is 52.0 Å². The van der Waals surface area contributed by atoms with Crippen LogP contribution in [-0.4, -0.2) is 38.3 Å². The van der Waals surface area contributed by atoms with Crippen molar-refractivity contribution in [1.29, 1.82) is 0 Å². The Balaban J connectivity index is 2.07. The summed E-state index contributed by atoms with van der Waals surface area (Å²) in [4.78, 5) is 24.6. The molecule has 0 saturated carbocycles. The maximum Gasteiger partial charge on any atom is 0.287 e. The Morgan fingerprint density at radius 2 is 1.92 bits per heavy atom. The Labute approximate surface area is 155 Å². The summed E-state index contributed by atoms with van der Waals surface area (Å²) in [5.41, 5.74) is 0.392. The summed E-state index contributed by atoms with van der Waals surface area (Å²) in [6, 6.07) is 7.77. The van der Waals surface area contributed by atoms with Gasteiger partial charge in [-0.15, -0.1) is 0 Å². The molecule has 10 heteroatoms. The highest BCUT2D eigenvalue weighted by atomic mass is 32.2. The van der Waals surface area contributed by atoms with Crippen molar-refractivity contribution in [3.63, 3.8) is 0 Å². The third-order valence-corrected chi connectivity index (χ3v) is 5.00. The number of primary sulfonamides is 1. The fraction of sp³-hybridized carbons (Fsp3) is 0.250. The lowest BCUT2D eigenvalue weighted by Crippen LogP contribution is -2.44. The van der Waals surface area contributed by atoms with Gasteiger partial charge in [0.2, 0.25) is 15.9 Å². The number of hydrogen-bond donors (Lipinski definition) is 3. The standard InChI is InChI=1S/C16H19N3O5S2/c1-25-10-8-13(19-16(21)14-3-2-9-24-14)15(20)18-11-4-6-12(7-5-11)26(17,22)23/h2-7,9,13H,8,10H2,1H3,(H,18,20)(H,19,21)(H2,17,22,23). The number of carbonyl (C=O) groups excluding carboxylic acids is 2. The Kier molecular flexibility index (Phi) is 6.83. The third kappa shape index (κ3) is 5.61. The van der Waals surface area contributed by atoms with E-state index in [-0.39, 0.29) is 10.7 Å². The highest BCUT2D eigenvalue weighted by molar-refractivity contribution is 7.98. The van der Waals surface area contributed by atoms with Crippen LogP contribution in [0.5, 0.6) is 0 Å². The second kappa shape index (κ2) is 8.88. The van der Waals surface area contributed by atoms with Crippen LogP contribution in [0.1, 0.15) is 17.0 Å². The van der Waals surface area contributed by atoms with Crippen molar-refractivity contribution in [2.75, 3.05) is 17.3 Å². The monoisotopic (exact) mass is 397 g/mol. The molecule has 0 aliphatic carbocycles. The molecule has 0 saturated heterocycles. The van der Waals surface area contributed by atoms with Gasteiger partial charge < -0.3 is 15.1 Å². The number of thioether (sulfide) groups is 1. The number of nitrogens with one attached hydrogen (secondary N) is 2. The number of carbonyl (C=O) groups is 2. The molecular weight excluding hydrogens is 378 g/mol. The van der Waals surface area contributed by atoms with E-state index in [9.17, 15) is 18.0 Å². The van der Waals surface area contributed by atoms with E-state index in [1.54, 1.807) is 17.8 Å². The van der Waals surface area contributed by atoms with Crippen LogP contribution < -0.4 is 15.8 Å². The Morgan fingerprint density at radius 1 is 1.23 bits per heavy atom. The number of benzene rings is 1. The van der Waals surface area contributed by atoms with Crippen LogP contribution in [0, 0.1) is 0 Å². The van der Waals surface area contributed by atoms with Crippen LogP contribution in [0.25, 0.3) is 0 Å². The second-order valence-electron chi connectivity index (χ2n) is 5.34. The maximum absolute atomic E-state index is 12.5. The molecule has 4 N–H and O–H groups in total. The Hall–Kier alpha value is -2.30. The van der Waals surface area contributed by atoms with E-state index in [2.05, 4.69) is 10.6 Å². The molecule has 26 heavy (non-hydrogen) atoms. The van der Waals surface area contributed by atoms with Gasteiger partial charge in [-0.1, -0.05) is 0 Å². The van der Waals surface area contributed by atoms with Gasteiger partial charge in [-0.2, -0.15) is 11.8 Å². The SMILES string of the molecule is CSCCC(NC(=O)c1ccco1)C(=O)Nc1ccc(S(N)(=O)=O)cc1. The van der Waals surface area contributed by atoms with Gasteiger partial charge in [-0.05, 0) is 54.8 Å². The molecule has 8 nitrogen and oxygen atoms in total. The summed E-state index contributed by atoms with van der Waals surface area (Å²) < 4.78 is 27.5. The van der Waals surface area contributed by atoms with Crippen molar-refractivity contribution < 1.29 is 22.4 Å². The molecule has 2 aromatic rings. The average molecular weight is 397 g/mol. The summed E-state index contributed by atoms with van der Waals surface area (Å²) in [5.74, 6) is -0.117. The number of furan rings is 1. The Morgan fingerprint density at radius 3 is 2.46 bits per heavy atom. The van der Waals surface area contributed by atoms with Crippen molar-refractivity contribution >= 4 is 39.3 Å². The summed E-state index contributed by atoms with van der Waals surface area (Å²) in [6.07, 6.45) is 3.70. The number of anilines is 1. The summed E-state index contributed by atoms with van der Waals surface area (Å²) in [7, 11) is -3.80. The van der Waals surface area contributed by atoms with Gasteiger partial charge >= 0.3 is 0 Å². The molecule has 1 heterocycles. The molecule has 0 spiro atoms. The molecule has 2 amide bonds. The second-order valence-corrected chi connectivity index (χ2v) is 7.89. The first kappa shape index (κ1) is 20.0. The highest BCUT2D eigenvalue weighted by Gasteiger charge is 2.22. The average Bonchev–Trinajstić information content (AvgIpc) is 3.12. The summed E-state index contributed by atoms with van der Waals surface area (Å²) >= 11 is 1.55. The first-order chi connectivity index (χ1) is 12.3. The van der Waals surface area contributed by atoms with Crippen molar-refractivity contribution in [2.24, 2.45) is 5.14 Å². The summed E-state index contributed by atoms with van der Waals surface area (Å²) in [5, 5.41) is 10.3. The van der Waals surface area contributed by atoms with Gasteiger partial charge in [-0.3, -0.25) is 9.59 Å². The van der Waals surface area contributed by atoms with Crippen molar-refractivity contribution in [2.45, 2.75) is 17.4 Å². The van der Waals surface area contributed by atoms with Gasteiger partial charge in [0.15, 0.2) is 5.76 Å². The van der Waals surface area contributed by atoms with Crippen LogP contribution in [0.3, 0.4) is 0 Å². The number of amides is 2. The molecule has 1 unspecified atom stereocenters. The van der Waals surface area contributed by atoms with Crippen molar-refractivity contribution in [3.05, 3.63) is 48.4 Å². The molecule has 0 bridgehead atoms. The fourth-order valence-electron chi connectivity index (χ4n) is 2.10. The number of rotatable bonds is 8. The predicted molar refractivity (Wildman–Crippen MR) is 99.4 cm³/mol. The zero-order valence-electron chi connectivity index (χ0n) is 14.0. The predicted octanol–water partition coefficient (Wildman–Crippen LogP) is 1.42. The smallest absolute Gasteiger partial charge is 0.287 e. The van der Waals surface area contributed by atoms with Crippen molar-refractivity contribution in [3.8, 4) is 0 Å². The largest absolute Gasteiger partial charge is 0.459 e. The Bertz CT molecular complexity index is 849. The van der Waals surface area contributed by atoms with Gasteiger partial charge in [0.05, 0.1) is 11.2 Å². The van der Waals surface area contributed by atoms with Gasteiger partial charge in [0.1, 0.15) is 6.04 Å². The zero-order chi connectivity index (χ0) is 19.2. The van der Waals surface area contributed by atoms with Gasteiger partial charge in [-0.25, -0.2) is 13.6 Å². The quantitative estimate of drug-likeness (QED) is 0.617. The van der Waals surface area contributed by atoms with E-state index in [1.165, 1.54) is 36.6 Å². The minimum absolute atomic E-state index is 0.0550. The number of nitrogens with two attached hydrogens (primary N) is 1. The number of hydrogen-bond acceptors (Lipinski definition) is 6. The van der Waals surface area contributed by atoms with Gasteiger partial charge in [0, 0.05) is 5.69 Å². The van der Waals surface area contributed by atoms with E-state index in [0.29, 0.717) is 17.9 Å². The van der Waals surface area contributed by atoms with Crippen LogP contribution in [-0.2, 0) is 14.8 Å². The van der Waals surface area contributed by atoms with E-state index >= 15 is 0 Å². The van der Waals surface area contributed by atoms with E-state index < -0.39 is 27.9 Å². The molecule has 0 fully saturated rings. The lowest BCUT2D eigenvalue weighted by Gasteiger charge is -2.17. The lowest BCUT2D eigenvalue weighted by atomic mass is 10.2. The molecule has 1 aromatic heterocycles. The minimum atomic E-state index is -3.80. The molecule has 0 radical (unpaired) electrons. The zero-order valence-corrected chi connectivity index (χ0v) is 15.6. The molecule has 1 aromatic carbocycles. The molecule has 140 valence electrons. The van der Waals surface area contributed by atoms with Crippen molar-refractivity contribution in [1.82, 2.24) is 5.32 Å². The van der Waals surface area contributed by atoms with Crippen LogP contribution >= 0.6 is 11.8 Å². The van der Waals surface area contributed by atoms with Gasteiger partial charge in [0.25, 0.3) is 5.91 Å². The van der Waals surface area contributed by atoms with E-state index in [1.807, 2.05) is 6.26 Å². The topological polar surface area (TPSA) is 132 Å². The minimum Gasteiger partial charge on any atom is -0.459 e.